The second kappa shape index (κ2) is 7.17. The summed E-state index contributed by atoms with van der Waals surface area (Å²) in [6, 6.07) is 4.47. The molecule has 1 atom stereocenters. The van der Waals surface area contributed by atoms with Crippen molar-refractivity contribution >= 4 is 27.3 Å². The van der Waals surface area contributed by atoms with Crippen molar-refractivity contribution in [1.29, 1.82) is 0 Å². The molecular formula is C11H17BrN2S. The molecular weight excluding hydrogens is 272 g/mol. The molecule has 1 unspecified atom stereocenters. The smallest absolute Gasteiger partial charge is 0.0702 e. The van der Waals surface area contributed by atoms with Crippen molar-refractivity contribution in [3.05, 3.63) is 32.9 Å². The number of nitrogens with two attached hydrogens (primary N) is 1. The van der Waals surface area contributed by atoms with E-state index in [2.05, 4.69) is 45.5 Å². The molecule has 3 N–H and O–H groups in total. The van der Waals surface area contributed by atoms with Gasteiger partial charge >= 0.3 is 0 Å². The number of rotatable bonds is 6. The largest absolute Gasteiger partial charge is 0.329 e. The SMILES string of the molecule is C/C=C/CCNC(CN)c1ccc(Br)s1. The van der Waals surface area contributed by atoms with Gasteiger partial charge in [0.15, 0.2) is 0 Å². The Morgan fingerprint density at radius 3 is 2.93 bits per heavy atom. The number of hydrogen-bond donors (Lipinski definition) is 2. The number of thiophene rings is 1. The maximum atomic E-state index is 5.74. The van der Waals surface area contributed by atoms with Gasteiger partial charge in [0, 0.05) is 11.4 Å². The summed E-state index contributed by atoms with van der Waals surface area (Å²) in [6.07, 6.45) is 5.28. The van der Waals surface area contributed by atoms with Gasteiger partial charge in [-0.05, 0) is 48.0 Å². The number of halogens is 1. The summed E-state index contributed by atoms with van der Waals surface area (Å²) in [7, 11) is 0. The van der Waals surface area contributed by atoms with Crippen LogP contribution in [0.3, 0.4) is 0 Å². The Hall–Kier alpha value is -0.160. The lowest BCUT2D eigenvalue weighted by Crippen LogP contribution is -2.28. The first-order chi connectivity index (χ1) is 7.27. The molecule has 15 heavy (non-hydrogen) atoms. The van der Waals surface area contributed by atoms with Crippen LogP contribution in [0.1, 0.15) is 24.3 Å². The topological polar surface area (TPSA) is 38.0 Å². The summed E-state index contributed by atoms with van der Waals surface area (Å²) in [5, 5.41) is 3.45. The minimum absolute atomic E-state index is 0.284. The molecule has 0 spiro atoms. The van der Waals surface area contributed by atoms with Crippen LogP contribution in [0.2, 0.25) is 0 Å². The van der Waals surface area contributed by atoms with Crippen molar-refractivity contribution in [1.82, 2.24) is 5.32 Å². The Bertz CT molecular complexity index is 309. The van der Waals surface area contributed by atoms with Gasteiger partial charge in [-0.3, -0.25) is 0 Å². The highest BCUT2D eigenvalue weighted by atomic mass is 79.9. The van der Waals surface area contributed by atoms with E-state index in [0.717, 1.165) is 16.8 Å². The molecule has 84 valence electrons. The number of allylic oxidation sites excluding steroid dienone is 1. The lowest BCUT2D eigenvalue weighted by Gasteiger charge is -2.14. The molecule has 4 heteroatoms. The van der Waals surface area contributed by atoms with Crippen LogP contribution in [0.4, 0.5) is 0 Å². The van der Waals surface area contributed by atoms with Crippen molar-refractivity contribution < 1.29 is 0 Å². The second-order valence-corrected chi connectivity index (χ2v) is 5.74. The molecule has 2 nitrogen and oxygen atoms in total. The van der Waals surface area contributed by atoms with Crippen LogP contribution in [0, 0.1) is 0 Å². The molecule has 1 aromatic rings. The highest BCUT2D eigenvalue weighted by Gasteiger charge is 2.10. The van der Waals surface area contributed by atoms with Gasteiger partial charge in [-0.25, -0.2) is 0 Å². The maximum absolute atomic E-state index is 5.74. The molecule has 1 aromatic heterocycles. The zero-order valence-electron chi connectivity index (χ0n) is 8.87. The molecule has 0 aromatic carbocycles. The van der Waals surface area contributed by atoms with Crippen LogP contribution in [-0.2, 0) is 0 Å². The van der Waals surface area contributed by atoms with Crippen molar-refractivity contribution in [3.63, 3.8) is 0 Å². The molecule has 0 radical (unpaired) electrons. The monoisotopic (exact) mass is 288 g/mol. The van der Waals surface area contributed by atoms with Gasteiger partial charge in [-0.15, -0.1) is 11.3 Å². The minimum atomic E-state index is 0.284. The Kier molecular flexibility index (Phi) is 6.17. The van der Waals surface area contributed by atoms with Gasteiger partial charge in [-0.1, -0.05) is 12.2 Å². The lowest BCUT2D eigenvalue weighted by molar-refractivity contribution is 0.556. The first-order valence-corrected chi connectivity index (χ1v) is 6.68. The fraction of sp³-hybridized carbons (Fsp3) is 0.455. The van der Waals surface area contributed by atoms with Crippen LogP contribution >= 0.6 is 27.3 Å². The van der Waals surface area contributed by atoms with E-state index in [9.17, 15) is 0 Å². The van der Waals surface area contributed by atoms with Crippen molar-refractivity contribution in [2.75, 3.05) is 13.1 Å². The van der Waals surface area contributed by atoms with Gasteiger partial charge in [0.1, 0.15) is 0 Å². The van der Waals surface area contributed by atoms with Crippen LogP contribution in [-0.4, -0.2) is 13.1 Å². The molecule has 0 amide bonds. The first kappa shape index (κ1) is 12.9. The van der Waals surface area contributed by atoms with E-state index in [-0.39, 0.29) is 6.04 Å². The third-order valence-electron chi connectivity index (χ3n) is 2.11. The summed E-state index contributed by atoms with van der Waals surface area (Å²) < 4.78 is 1.16. The minimum Gasteiger partial charge on any atom is -0.329 e. The van der Waals surface area contributed by atoms with E-state index in [1.165, 1.54) is 4.88 Å². The normalized spacial score (nSPS) is 13.5. The Morgan fingerprint density at radius 1 is 1.60 bits per heavy atom. The first-order valence-electron chi connectivity index (χ1n) is 5.07. The lowest BCUT2D eigenvalue weighted by atomic mass is 10.2. The third kappa shape index (κ3) is 4.47. The standard InChI is InChI=1S/C11H17BrN2S/c1-2-3-4-7-14-9(8-13)10-5-6-11(12)15-10/h2-3,5-6,9,14H,4,7-8,13H2,1H3/b3-2+. The van der Waals surface area contributed by atoms with E-state index in [4.69, 9.17) is 5.73 Å². The molecule has 0 aliphatic heterocycles. The quantitative estimate of drug-likeness (QED) is 0.624. The van der Waals surface area contributed by atoms with Crippen LogP contribution in [0.25, 0.3) is 0 Å². The van der Waals surface area contributed by atoms with E-state index in [0.29, 0.717) is 6.54 Å². The highest BCUT2D eigenvalue weighted by Crippen LogP contribution is 2.26. The molecule has 0 bridgehead atoms. The molecule has 1 rings (SSSR count). The van der Waals surface area contributed by atoms with Gasteiger partial charge in [0.25, 0.3) is 0 Å². The number of nitrogens with one attached hydrogen (secondary N) is 1. The van der Waals surface area contributed by atoms with Crippen LogP contribution in [0.15, 0.2) is 28.1 Å². The van der Waals surface area contributed by atoms with Crippen LogP contribution < -0.4 is 11.1 Å². The Labute approximate surface area is 104 Å². The second-order valence-electron chi connectivity index (χ2n) is 3.24. The Morgan fingerprint density at radius 2 is 2.40 bits per heavy atom. The summed E-state index contributed by atoms with van der Waals surface area (Å²) in [5.74, 6) is 0. The number of hydrogen-bond acceptors (Lipinski definition) is 3. The third-order valence-corrected chi connectivity index (χ3v) is 3.85. The molecule has 0 saturated carbocycles. The average molecular weight is 289 g/mol. The fourth-order valence-electron chi connectivity index (χ4n) is 1.32. The maximum Gasteiger partial charge on any atom is 0.0702 e. The average Bonchev–Trinajstić information content (AvgIpc) is 2.65. The molecule has 0 aliphatic carbocycles. The predicted molar refractivity (Wildman–Crippen MR) is 71.2 cm³/mol. The van der Waals surface area contributed by atoms with E-state index < -0.39 is 0 Å². The van der Waals surface area contributed by atoms with Gasteiger partial charge < -0.3 is 11.1 Å². The van der Waals surface area contributed by atoms with Gasteiger partial charge in [0.2, 0.25) is 0 Å². The van der Waals surface area contributed by atoms with E-state index >= 15 is 0 Å². The molecule has 0 aliphatic rings. The zero-order valence-corrected chi connectivity index (χ0v) is 11.3. The van der Waals surface area contributed by atoms with Crippen molar-refractivity contribution in [2.24, 2.45) is 5.73 Å². The molecule has 0 fully saturated rings. The summed E-state index contributed by atoms with van der Waals surface area (Å²) >= 11 is 5.20. The van der Waals surface area contributed by atoms with Crippen LogP contribution in [0.5, 0.6) is 0 Å². The summed E-state index contributed by atoms with van der Waals surface area (Å²) in [4.78, 5) is 1.30. The predicted octanol–water partition coefficient (Wildman–Crippen LogP) is 3.07. The zero-order chi connectivity index (χ0) is 11.1. The van der Waals surface area contributed by atoms with Crippen molar-refractivity contribution in [3.8, 4) is 0 Å². The van der Waals surface area contributed by atoms with Crippen molar-refractivity contribution in [2.45, 2.75) is 19.4 Å². The molecule has 0 saturated heterocycles. The molecule has 1 heterocycles. The summed E-state index contributed by atoms with van der Waals surface area (Å²) in [6.45, 7) is 3.65. The van der Waals surface area contributed by atoms with E-state index in [1.807, 2.05) is 6.92 Å². The van der Waals surface area contributed by atoms with E-state index in [1.54, 1.807) is 11.3 Å². The fourth-order valence-corrected chi connectivity index (χ4v) is 2.84. The summed E-state index contributed by atoms with van der Waals surface area (Å²) in [5.41, 5.74) is 5.74. The van der Waals surface area contributed by atoms with Gasteiger partial charge in [-0.2, -0.15) is 0 Å². The highest BCUT2D eigenvalue weighted by molar-refractivity contribution is 9.11. The van der Waals surface area contributed by atoms with Gasteiger partial charge in [0.05, 0.1) is 9.83 Å². The Balaban J connectivity index is 2.42.